The molecule has 0 atom stereocenters. The smallest absolute Gasteiger partial charge is 0.416 e. The van der Waals surface area contributed by atoms with Gasteiger partial charge in [0.1, 0.15) is 6.61 Å². The van der Waals surface area contributed by atoms with Crippen molar-refractivity contribution in [2.24, 2.45) is 0 Å². The number of hydrogen-bond donors (Lipinski definition) is 2. The number of carbonyl (C=O) groups is 1. The fourth-order valence-electron chi connectivity index (χ4n) is 3.65. The van der Waals surface area contributed by atoms with Crippen LogP contribution in [0.5, 0.6) is 0 Å². The standard InChI is InChI=1S/C14H12F3NO3.C14H14F3NO2/c1-7(2)10-11(13(19)20)21-12(18-10)8-3-5-9(6-4-8)14(15,16)17;1-8(2)12-11(7-19)20-13(18-12)9-3-5-10(6-4-9)14(15,16)17/h3-7H,1-2H3,(H,19,20);3-6,8,19H,7H2,1-2H3. The molecule has 13 heteroatoms. The van der Waals surface area contributed by atoms with Gasteiger partial charge in [-0.15, -0.1) is 0 Å². The first-order valence-electron chi connectivity index (χ1n) is 12.2. The Morgan fingerprint density at radius 1 is 0.732 bits per heavy atom. The zero-order chi connectivity index (χ0) is 30.7. The molecule has 2 aromatic heterocycles. The molecule has 4 rings (SSSR count). The van der Waals surface area contributed by atoms with Crippen molar-refractivity contribution in [2.45, 2.75) is 58.5 Å². The Morgan fingerprint density at radius 3 is 1.41 bits per heavy atom. The zero-order valence-electron chi connectivity index (χ0n) is 22.3. The lowest BCUT2D eigenvalue weighted by molar-refractivity contribution is -0.138. The Morgan fingerprint density at radius 2 is 1.12 bits per heavy atom. The van der Waals surface area contributed by atoms with Crippen molar-refractivity contribution in [3.63, 3.8) is 0 Å². The molecule has 0 aliphatic carbocycles. The van der Waals surface area contributed by atoms with Crippen LogP contribution in [0.1, 0.15) is 78.4 Å². The van der Waals surface area contributed by atoms with Crippen LogP contribution in [0.2, 0.25) is 0 Å². The van der Waals surface area contributed by atoms with E-state index in [9.17, 15) is 36.2 Å². The molecule has 0 bridgehead atoms. The van der Waals surface area contributed by atoms with Crippen LogP contribution >= 0.6 is 0 Å². The van der Waals surface area contributed by atoms with Crippen molar-refractivity contribution in [3.8, 4) is 22.9 Å². The molecule has 2 heterocycles. The van der Waals surface area contributed by atoms with E-state index in [-0.39, 0.29) is 47.2 Å². The van der Waals surface area contributed by atoms with E-state index >= 15 is 0 Å². The van der Waals surface area contributed by atoms with Crippen molar-refractivity contribution >= 4 is 5.97 Å². The second-order valence-electron chi connectivity index (χ2n) is 9.48. The number of aromatic nitrogens is 2. The third-order valence-electron chi connectivity index (χ3n) is 5.73. The quantitative estimate of drug-likeness (QED) is 0.220. The molecule has 0 aliphatic rings. The summed E-state index contributed by atoms with van der Waals surface area (Å²) >= 11 is 0. The van der Waals surface area contributed by atoms with Crippen LogP contribution in [0.4, 0.5) is 26.3 Å². The van der Waals surface area contributed by atoms with Gasteiger partial charge in [0.2, 0.25) is 17.5 Å². The molecule has 0 saturated carbocycles. The highest BCUT2D eigenvalue weighted by Gasteiger charge is 2.31. The average Bonchev–Trinajstić information content (AvgIpc) is 3.54. The Kier molecular flexibility index (Phi) is 9.32. The Hall–Kier alpha value is -4.13. The second kappa shape index (κ2) is 12.2. The molecule has 0 amide bonds. The lowest BCUT2D eigenvalue weighted by Crippen LogP contribution is -2.04. The molecule has 0 aliphatic heterocycles. The van der Waals surface area contributed by atoms with Gasteiger partial charge < -0.3 is 19.0 Å². The van der Waals surface area contributed by atoms with Gasteiger partial charge in [-0.1, -0.05) is 27.7 Å². The maximum Gasteiger partial charge on any atom is 0.416 e. The van der Waals surface area contributed by atoms with Gasteiger partial charge in [0.25, 0.3) is 0 Å². The summed E-state index contributed by atoms with van der Waals surface area (Å²) in [7, 11) is 0. The normalized spacial score (nSPS) is 12.0. The molecular weight excluding hydrogens is 558 g/mol. The lowest BCUT2D eigenvalue weighted by atomic mass is 10.1. The Balaban J connectivity index is 0.000000226. The highest BCUT2D eigenvalue weighted by atomic mass is 19.4. The van der Waals surface area contributed by atoms with Crippen LogP contribution < -0.4 is 0 Å². The second-order valence-corrected chi connectivity index (χ2v) is 9.48. The van der Waals surface area contributed by atoms with Crippen LogP contribution in [0.3, 0.4) is 0 Å². The van der Waals surface area contributed by atoms with E-state index in [0.29, 0.717) is 17.0 Å². The number of aromatic carboxylic acids is 1. The summed E-state index contributed by atoms with van der Waals surface area (Å²) in [5.74, 6) is -1.12. The Labute approximate surface area is 230 Å². The maximum absolute atomic E-state index is 12.5. The Bertz CT molecular complexity index is 1470. The minimum atomic E-state index is -4.43. The number of aliphatic hydroxyl groups is 1. The van der Waals surface area contributed by atoms with Gasteiger partial charge in [0.05, 0.1) is 22.5 Å². The highest BCUT2D eigenvalue weighted by molar-refractivity contribution is 5.86. The topological polar surface area (TPSA) is 110 Å². The molecule has 4 aromatic rings. The largest absolute Gasteiger partial charge is 0.475 e. The van der Waals surface area contributed by atoms with Crippen LogP contribution in [0.25, 0.3) is 22.9 Å². The van der Waals surface area contributed by atoms with Crippen molar-refractivity contribution in [1.29, 1.82) is 0 Å². The molecule has 41 heavy (non-hydrogen) atoms. The van der Waals surface area contributed by atoms with Gasteiger partial charge in [0.15, 0.2) is 5.76 Å². The number of alkyl halides is 6. The van der Waals surface area contributed by atoms with Crippen LogP contribution in [-0.4, -0.2) is 26.2 Å². The summed E-state index contributed by atoms with van der Waals surface area (Å²) in [6, 6.07) is 8.76. The SMILES string of the molecule is CC(C)c1nc(-c2ccc(C(F)(F)F)cc2)oc1C(=O)O.CC(C)c1nc(-c2ccc(C(F)(F)F)cc2)oc1CO. The monoisotopic (exact) mass is 584 g/mol. The molecule has 0 spiro atoms. The molecule has 0 saturated heterocycles. The van der Waals surface area contributed by atoms with Crippen molar-refractivity contribution in [2.75, 3.05) is 0 Å². The minimum absolute atomic E-state index is 0.00942. The molecular formula is C28H26F6N2O5. The van der Waals surface area contributed by atoms with E-state index < -0.39 is 29.4 Å². The molecule has 0 radical (unpaired) electrons. The summed E-state index contributed by atoms with van der Waals surface area (Å²) < 4.78 is 85.4. The molecule has 0 fully saturated rings. The number of carboxylic acid groups (broad SMARTS) is 1. The maximum atomic E-state index is 12.5. The van der Waals surface area contributed by atoms with Gasteiger partial charge >= 0.3 is 18.3 Å². The number of benzene rings is 2. The summed E-state index contributed by atoms with van der Waals surface area (Å²) in [4.78, 5) is 19.4. The van der Waals surface area contributed by atoms with E-state index in [1.807, 2.05) is 13.8 Å². The van der Waals surface area contributed by atoms with Crippen molar-refractivity contribution < 1.29 is 50.2 Å². The number of nitrogens with zero attached hydrogens (tertiary/aromatic N) is 2. The van der Waals surface area contributed by atoms with Gasteiger partial charge in [-0.05, 0) is 60.4 Å². The predicted octanol–water partition coefficient (Wildman–Crippen LogP) is 8.16. The summed E-state index contributed by atoms with van der Waals surface area (Å²) in [5.41, 5.74) is 0.0939. The lowest BCUT2D eigenvalue weighted by Gasteiger charge is -2.06. The van der Waals surface area contributed by atoms with E-state index in [2.05, 4.69) is 9.97 Å². The first kappa shape index (κ1) is 31.4. The number of oxazole rings is 2. The van der Waals surface area contributed by atoms with E-state index in [1.54, 1.807) is 13.8 Å². The molecule has 7 nitrogen and oxygen atoms in total. The third-order valence-corrected chi connectivity index (χ3v) is 5.73. The van der Waals surface area contributed by atoms with Crippen molar-refractivity contribution in [1.82, 2.24) is 9.97 Å². The number of aliphatic hydroxyl groups excluding tert-OH is 1. The number of rotatable bonds is 6. The summed E-state index contributed by atoms with van der Waals surface area (Å²) in [6.45, 7) is 7.00. The van der Waals surface area contributed by atoms with Crippen molar-refractivity contribution in [3.05, 3.63) is 82.6 Å². The third kappa shape index (κ3) is 7.54. The van der Waals surface area contributed by atoms with Crippen LogP contribution in [0.15, 0.2) is 57.4 Å². The fourth-order valence-corrected chi connectivity index (χ4v) is 3.65. The first-order chi connectivity index (χ1) is 19.0. The van der Waals surface area contributed by atoms with Gasteiger partial charge in [-0.25, -0.2) is 14.8 Å². The minimum Gasteiger partial charge on any atom is -0.475 e. The number of hydrogen-bond acceptors (Lipinski definition) is 6. The summed E-state index contributed by atoms with van der Waals surface area (Å²) in [5, 5.41) is 18.2. The predicted molar refractivity (Wildman–Crippen MR) is 135 cm³/mol. The van der Waals surface area contributed by atoms with Gasteiger partial charge in [-0.3, -0.25) is 0 Å². The van der Waals surface area contributed by atoms with E-state index in [1.165, 1.54) is 24.3 Å². The van der Waals surface area contributed by atoms with E-state index in [4.69, 9.17) is 13.9 Å². The van der Waals surface area contributed by atoms with Crippen LogP contribution in [0, 0.1) is 0 Å². The fraction of sp³-hybridized carbons (Fsp3) is 0.321. The first-order valence-corrected chi connectivity index (χ1v) is 12.2. The zero-order valence-corrected chi connectivity index (χ0v) is 22.3. The average molecular weight is 585 g/mol. The highest BCUT2D eigenvalue weighted by Crippen LogP contribution is 2.33. The molecule has 2 aromatic carbocycles. The van der Waals surface area contributed by atoms with Gasteiger partial charge in [-0.2, -0.15) is 26.3 Å². The number of carboxylic acids is 1. The number of halogens is 6. The molecule has 220 valence electrons. The van der Waals surface area contributed by atoms with Gasteiger partial charge in [0, 0.05) is 11.1 Å². The summed E-state index contributed by atoms with van der Waals surface area (Å²) in [6.07, 6.45) is -8.79. The molecule has 2 N–H and O–H groups in total. The molecule has 0 unspecified atom stereocenters. The van der Waals surface area contributed by atoms with Crippen LogP contribution in [-0.2, 0) is 19.0 Å². The van der Waals surface area contributed by atoms with E-state index in [0.717, 1.165) is 24.3 Å².